The summed E-state index contributed by atoms with van der Waals surface area (Å²) in [5, 5.41) is 28.5. The van der Waals surface area contributed by atoms with Gasteiger partial charge in [0.15, 0.2) is 0 Å². The van der Waals surface area contributed by atoms with E-state index in [-0.39, 0.29) is 11.8 Å². The zero-order valence-electron chi connectivity index (χ0n) is 28.7. The molecule has 0 bridgehead atoms. The molecule has 2 aliphatic rings. The van der Waals surface area contributed by atoms with Crippen molar-refractivity contribution < 1.29 is 37.8 Å². The third-order valence-electron chi connectivity index (χ3n) is 10.7. The lowest BCUT2D eigenvalue weighted by Gasteiger charge is -2.22. The molecule has 0 saturated carbocycles. The Balaban J connectivity index is 1.18. The van der Waals surface area contributed by atoms with E-state index in [0.717, 1.165) is 64.5 Å². The van der Waals surface area contributed by atoms with Gasteiger partial charge in [-0.1, -0.05) is 12.1 Å². The fourth-order valence-corrected chi connectivity index (χ4v) is 7.95. The molecule has 11 heteroatoms. The second kappa shape index (κ2) is 15.3. The van der Waals surface area contributed by atoms with E-state index >= 15 is 0 Å². The van der Waals surface area contributed by atoms with Gasteiger partial charge >= 0.3 is 11.9 Å². The molecule has 10 nitrogen and oxygen atoms in total. The molecule has 268 valence electrons. The zero-order valence-corrected chi connectivity index (χ0v) is 28.7. The quantitative estimate of drug-likeness (QED) is 0.0996. The maximum atomic E-state index is 14.7. The first-order valence-corrected chi connectivity index (χ1v) is 17.6. The highest BCUT2D eigenvalue weighted by molar-refractivity contribution is 5.83. The number of hydrogen-bond donors (Lipinski definition) is 4. The van der Waals surface area contributed by atoms with Crippen LogP contribution in [0, 0.1) is 29.5 Å². The van der Waals surface area contributed by atoms with Crippen LogP contribution in [-0.4, -0.2) is 60.3 Å². The molecule has 7 rings (SSSR count). The number of aliphatic carboxylic acids is 2. The summed E-state index contributed by atoms with van der Waals surface area (Å²) in [6.07, 6.45) is 6.02. The number of benzene rings is 3. The van der Waals surface area contributed by atoms with Crippen LogP contribution in [0.1, 0.15) is 40.7 Å². The molecular weight excluding hydrogens is 653 g/mol. The molecule has 51 heavy (non-hydrogen) atoms. The smallest absolute Gasteiger partial charge is 0.307 e. The van der Waals surface area contributed by atoms with Gasteiger partial charge in [0.2, 0.25) is 0 Å². The van der Waals surface area contributed by atoms with Gasteiger partial charge in [-0.2, -0.15) is 0 Å². The Morgan fingerprint density at radius 3 is 1.76 bits per heavy atom. The van der Waals surface area contributed by atoms with Crippen LogP contribution < -0.4 is 15.4 Å². The van der Waals surface area contributed by atoms with E-state index in [4.69, 9.17) is 13.6 Å². The maximum Gasteiger partial charge on any atom is 0.307 e. The van der Waals surface area contributed by atoms with Crippen molar-refractivity contribution in [1.29, 1.82) is 0 Å². The number of fused-ring (bicyclic) bond motifs is 2. The lowest BCUT2D eigenvalue weighted by molar-refractivity contribution is -0.144. The van der Waals surface area contributed by atoms with Crippen molar-refractivity contribution in [3.05, 3.63) is 101 Å². The SMILES string of the molecule is COc1cc(F)cc(CN(Cc2coc3ccc(CC(C(=O)O)C4CCNC4)cc23)Cc2coc3ccc(CC(C(=O)O)C4CCNC4)cc23)c1. The minimum Gasteiger partial charge on any atom is -0.497 e. The number of hydrogen-bond acceptors (Lipinski definition) is 8. The normalized spacial score (nSPS) is 18.9. The van der Waals surface area contributed by atoms with Gasteiger partial charge in [-0.3, -0.25) is 14.5 Å². The predicted molar refractivity (Wildman–Crippen MR) is 190 cm³/mol. The molecule has 3 aromatic carbocycles. The number of carboxylic acids is 2. The molecule has 5 aromatic rings. The molecule has 4 N–H and O–H groups in total. The highest BCUT2D eigenvalue weighted by atomic mass is 19.1. The van der Waals surface area contributed by atoms with Crippen LogP contribution in [-0.2, 0) is 42.1 Å². The Hall–Kier alpha value is -4.71. The molecule has 2 aliphatic heterocycles. The van der Waals surface area contributed by atoms with Gasteiger partial charge in [-0.25, -0.2) is 4.39 Å². The van der Waals surface area contributed by atoms with Crippen LogP contribution in [0.2, 0.25) is 0 Å². The van der Waals surface area contributed by atoms with Crippen LogP contribution in [0.4, 0.5) is 4.39 Å². The van der Waals surface area contributed by atoms with Gasteiger partial charge in [-0.15, -0.1) is 0 Å². The summed E-state index contributed by atoms with van der Waals surface area (Å²) in [7, 11) is 1.51. The van der Waals surface area contributed by atoms with Gasteiger partial charge in [0.1, 0.15) is 22.7 Å². The lowest BCUT2D eigenvalue weighted by Crippen LogP contribution is -2.27. The first-order valence-electron chi connectivity index (χ1n) is 17.6. The van der Waals surface area contributed by atoms with Crippen molar-refractivity contribution in [2.75, 3.05) is 33.3 Å². The van der Waals surface area contributed by atoms with Crippen LogP contribution >= 0.6 is 0 Å². The topological polar surface area (TPSA) is 137 Å². The Labute approximate surface area is 295 Å². The van der Waals surface area contributed by atoms with Crippen LogP contribution in [0.5, 0.6) is 5.75 Å². The second-order valence-corrected chi connectivity index (χ2v) is 14.1. The fourth-order valence-electron chi connectivity index (χ4n) is 7.95. The molecule has 0 aliphatic carbocycles. The summed E-state index contributed by atoms with van der Waals surface area (Å²) in [5.41, 5.74) is 5.87. The highest BCUT2D eigenvalue weighted by Crippen LogP contribution is 2.32. The average molecular weight is 698 g/mol. The number of rotatable bonds is 15. The molecule has 2 aromatic heterocycles. The van der Waals surface area contributed by atoms with Crippen molar-refractivity contribution >= 4 is 33.9 Å². The summed E-state index contributed by atoms with van der Waals surface area (Å²) in [6.45, 7) is 4.37. The molecule has 2 fully saturated rings. The Kier molecular flexibility index (Phi) is 10.4. The molecule has 4 unspecified atom stereocenters. The Morgan fingerprint density at radius 1 is 0.784 bits per heavy atom. The van der Waals surface area contributed by atoms with E-state index in [1.165, 1.54) is 19.2 Å². The van der Waals surface area contributed by atoms with Gasteiger partial charge in [-0.05, 0) is 117 Å². The summed E-state index contributed by atoms with van der Waals surface area (Å²) in [5.74, 6) is -2.31. The first kappa shape index (κ1) is 34.7. The molecule has 2 saturated heterocycles. The number of nitrogens with zero attached hydrogens (tertiary/aromatic N) is 1. The third kappa shape index (κ3) is 7.96. The van der Waals surface area contributed by atoms with Gasteiger partial charge < -0.3 is 34.4 Å². The van der Waals surface area contributed by atoms with E-state index < -0.39 is 29.6 Å². The molecule has 0 radical (unpaired) electrons. The summed E-state index contributed by atoms with van der Waals surface area (Å²) < 4.78 is 32.0. The summed E-state index contributed by atoms with van der Waals surface area (Å²) in [6, 6.07) is 16.4. The number of furan rings is 2. The fraction of sp³-hybridized carbons (Fsp3) is 0.400. The van der Waals surface area contributed by atoms with Crippen molar-refractivity contribution in [3.8, 4) is 5.75 Å². The van der Waals surface area contributed by atoms with E-state index in [1.54, 1.807) is 12.5 Å². The number of carboxylic acid groups (broad SMARTS) is 2. The first-order chi connectivity index (χ1) is 24.7. The van der Waals surface area contributed by atoms with Gasteiger partial charge in [0.25, 0.3) is 0 Å². The zero-order chi connectivity index (χ0) is 35.5. The van der Waals surface area contributed by atoms with E-state index in [0.29, 0.717) is 62.5 Å². The minimum absolute atomic E-state index is 0.0841. The molecular formula is C40H44FN3O7. The second-order valence-electron chi connectivity index (χ2n) is 14.1. The van der Waals surface area contributed by atoms with E-state index in [9.17, 15) is 24.2 Å². The van der Waals surface area contributed by atoms with Crippen molar-refractivity contribution in [1.82, 2.24) is 15.5 Å². The number of ether oxygens (including phenoxy) is 1. The van der Waals surface area contributed by atoms with Crippen LogP contribution in [0.25, 0.3) is 21.9 Å². The minimum atomic E-state index is -0.780. The monoisotopic (exact) mass is 697 g/mol. The number of methoxy groups -OCH3 is 1. The summed E-state index contributed by atoms with van der Waals surface area (Å²) in [4.78, 5) is 26.7. The molecule has 4 heterocycles. The number of carbonyl (C=O) groups is 2. The van der Waals surface area contributed by atoms with Crippen molar-refractivity contribution in [2.45, 2.75) is 45.3 Å². The van der Waals surface area contributed by atoms with Crippen LogP contribution in [0.3, 0.4) is 0 Å². The predicted octanol–water partition coefficient (Wildman–Crippen LogP) is 6.23. The Morgan fingerprint density at radius 2 is 1.31 bits per heavy atom. The highest BCUT2D eigenvalue weighted by Gasteiger charge is 2.32. The van der Waals surface area contributed by atoms with Crippen molar-refractivity contribution in [2.24, 2.45) is 23.7 Å². The average Bonchev–Trinajstić information content (AvgIpc) is 3.95. The van der Waals surface area contributed by atoms with Crippen molar-refractivity contribution in [3.63, 3.8) is 0 Å². The number of halogens is 1. The standard InChI is InChI=1S/C40H44FN3O7/c1-49-32-11-26(10-31(41)16-32)19-44(20-29-22-50-37-4-2-24(12-33(29)37)14-35(39(45)46)27-6-8-42-17-27)21-30-23-51-38-5-3-25(13-34(30)38)15-36(40(47)48)28-7-9-43-18-28/h2-5,10-13,16,22-23,27-28,35-36,42-43H,6-9,14-15,17-21H2,1H3,(H,45,46)(H,47,48). The maximum absolute atomic E-state index is 14.7. The summed E-state index contributed by atoms with van der Waals surface area (Å²) >= 11 is 0. The molecule has 4 atom stereocenters. The largest absolute Gasteiger partial charge is 0.497 e. The number of nitrogens with one attached hydrogen (secondary N) is 2. The molecule has 0 spiro atoms. The van der Waals surface area contributed by atoms with Gasteiger partial charge in [0.05, 0.1) is 31.5 Å². The lowest BCUT2D eigenvalue weighted by atomic mass is 9.86. The molecule has 0 amide bonds. The van der Waals surface area contributed by atoms with E-state index in [2.05, 4.69) is 15.5 Å². The van der Waals surface area contributed by atoms with Crippen LogP contribution in [0.15, 0.2) is 76.0 Å². The van der Waals surface area contributed by atoms with E-state index in [1.807, 2.05) is 42.5 Å². The third-order valence-corrected chi connectivity index (χ3v) is 10.7. The Bertz CT molecular complexity index is 1890. The van der Waals surface area contributed by atoms with Gasteiger partial charge in [0, 0.05) is 47.6 Å².